The quantitative estimate of drug-likeness (QED) is 0.664. The standard InChI is InChI=1S/C18H24N4O5S/c1-11-6-8-15(9-7-11)28(25,26)19-10-16(23)27-14(4)18(24)20-17-12(2)21-22(5)13(17)3/h6-9,14,19H,10H2,1-5H3,(H,20,24). The molecule has 0 aliphatic rings. The Labute approximate surface area is 164 Å². The molecular formula is C18H24N4O5S. The second kappa shape index (κ2) is 8.53. The van der Waals surface area contributed by atoms with E-state index in [4.69, 9.17) is 4.74 Å². The van der Waals surface area contributed by atoms with Crippen molar-refractivity contribution in [3.8, 4) is 0 Å². The predicted octanol–water partition coefficient (Wildman–Crippen LogP) is 1.19. The fourth-order valence-electron chi connectivity index (χ4n) is 2.43. The molecule has 1 aromatic heterocycles. The molecule has 0 saturated heterocycles. The number of carbonyl (C=O) groups excluding carboxylic acids is 2. The van der Waals surface area contributed by atoms with E-state index in [2.05, 4.69) is 15.1 Å². The fraction of sp³-hybridized carbons (Fsp3) is 0.389. The molecule has 0 fully saturated rings. The van der Waals surface area contributed by atoms with Crippen LogP contribution >= 0.6 is 0 Å². The molecule has 2 aromatic rings. The van der Waals surface area contributed by atoms with Gasteiger partial charge in [-0.2, -0.15) is 9.82 Å². The average molecular weight is 408 g/mol. The molecule has 0 aliphatic heterocycles. The number of aromatic nitrogens is 2. The molecule has 0 spiro atoms. The third-order valence-electron chi connectivity index (χ3n) is 4.17. The van der Waals surface area contributed by atoms with Crippen LogP contribution in [0.1, 0.15) is 23.9 Å². The molecule has 1 aromatic carbocycles. The van der Waals surface area contributed by atoms with Gasteiger partial charge < -0.3 is 10.1 Å². The molecule has 2 N–H and O–H groups in total. The van der Waals surface area contributed by atoms with Crippen molar-refractivity contribution < 1.29 is 22.7 Å². The first-order valence-corrected chi connectivity index (χ1v) is 10.1. The third-order valence-corrected chi connectivity index (χ3v) is 5.59. The van der Waals surface area contributed by atoms with E-state index in [9.17, 15) is 18.0 Å². The van der Waals surface area contributed by atoms with Crippen molar-refractivity contribution in [1.29, 1.82) is 0 Å². The number of hydrogen-bond donors (Lipinski definition) is 2. The van der Waals surface area contributed by atoms with E-state index in [0.29, 0.717) is 11.4 Å². The van der Waals surface area contributed by atoms with Crippen LogP contribution in [0.25, 0.3) is 0 Å². The molecule has 28 heavy (non-hydrogen) atoms. The monoisotopic (exact) mass is 408 g/mol. The summed E-state index contributed by atoms with van der Waals surface area (Å²) in [6, 6.07) is 6.19. The van der Waals surface area contributed by atoms with Gasteiger partial charge in [-0.05, 0) is 39.8 Å². The van der Waals surface area contributed by atoms with E-state index in [-0.39, 0.29) is 4.90 Å². The highest BCUT2D eigenvalue weighted by molar-refractivity contribution is 7.89. The van der Waals surface area contributed by atoms with Crippen LogP contribution in [0.2, 0.25) is 0 Å². The van der Waals surface area contributed by atoms with Gasteiger partial charge in [-0.15, -0.1) is 0 Å². The number of aryl methyl sites for hydroxylation is 3. The van der Waals surface area contributed by atoms with Gasteiger partial charge in [-0.3, -0.25) is 14.3 Å². The number of sulfonamides is 1. The Morgan fingerprint density at radius 2 is 1.79 bits per heavy atom. The van der Waals surface area contributed by atoms with Crippen LogP contribution in [-0.2, 0) is 31.4 Å². The number of rotatable bonds is 7. The summed E-state index contributed by atoms with van der Waals surface area (Å²) in [5.41, 5.74) is 2.86. The number of hydrogen-bond acceptors (Lipinski definition) is 6. The Bertz CT molecular complexity index is 980. The summed E-state index contributed by atoms with van der Waals surface area (Å²) in [4.78, 5) is 24.2. The maximum absolute atomic E-state index is 12.3. The zero-order valence-electron chi connectivity index (χ0n) is 16.4. The van der Waals surface area contributed by atoms with Gasteiger partial charge in [-0.25, -0.2) is 8.42 Å². The minimum Gasteiger partial charge on any atom is -0.452 e. The van der Waals surface area contributed by atoms with Crippen molar-refractivity contribution in [1.82, 2.24) is 14.5 Å². The number of esters is 1. The molecule has 0 saturated carbocycles. The number of nitrogens with one attached hydrogen (secondary N) is 2. The molecule has 0 bridgehead atoms. The highest BCUT2D eigenvalue weighted by Crippen LogP contribution is 2.18. The molecule has 9 nitrogen and oxygen atoms in total. The smallest absolute Gasteiger partial charge is 0.321 e. The molecule has 0 radical (unpaired) electrons. The lowest BCUT2D eigenvalue weighted by atomic mass is 10.2. The second-order valence-electron chi connectivity index (χ2n) is 6.43. The highest BCUT2D eigenvalue weighted by atomic mass is 32.2. The summed E-state index contributed by atoms with van der Waals surface area (Å²) >= 11 is 0. The maximum atomic E-state index is 12.3. The number of benzene rings is 1. The van der Waals surface area contributed by atoms with Crippen molar-refractivity contribution in [3.05, 3.63) is 41.2 Å². The van der Waals surface area contributed by atoms with Crippen molar-refractivity contribution >= 4 is 27.6 Å². The molecule has 0 aliphatic carbocycles. The first-order valence-electron chi connectivity index (χ1n) is 8.58. The van der Waals surface area contributed by atoms with Crippen LogP contribution in [0.15, 0.2) is 29.2 Å². The molecule has 1 atom stereocenters. The predicted molar refractivity (Wildman–Crippen MR) is 103 cm³/mol. The Hall–Kier alpha value is -2.72. The average Bonchev–Trinajstić information content (AvgIpc) is 2.86. The van der Waals surface area contributed by atoms with Gasteiger partial charge in [-0.1, -0.05) is 17.7 Å². The summed E-state index contributed by atoms with van der Waals surface area (Å²) in [7, 11) is -2.10. The minimum atomic E-state index is -3.85. The van der Waals surface area contributed by atoms with E-state index in [1.165, 1.54) is 19.1 Å². The van der Waals surface area contributed by atoms with Crippen molar-refractivity contribution in [2.24, 2.45) is 7.05 Å². The lowest BCUT2D eigenvalue weighted by molar-refractivity contribution is -0.151. The molecule has 1 unspecified atom stereocenters. The van der Waals surface area contributed by atoms with Crippen LogP contribution in [0, 0.1) is 20.8 Å². The first kappa shape index (κ1) is 21.6. The maximum Gasteiger partial charge on any atom is 0.321 e. The first-order chi connectivity index (χ1) is 13.0. The fourth-order valence-corrected chi connectivity index (χ4v) is 3.40. The Balaban J connectivity index is 1.91. The number of ether oxygens (including phenoxy) is 1. The SMILES string of the molecule is Cc1ccc(S(=O)(=O)NCC(=O)OC(C)C(=O)Nc2c(C)nn(C)c2C)cc1. The van der Waals surface area contributed by atoms with E-state index < -0.39 is 34.5 Å². The van der Waals surface area contributed by atoms with Crippen molar-refractivity contribution in [2.75, 3.05) is 11.9 Å². The third kappa shape index (κ3) is 5.17. The van der Waals surface area contributed by atoms with Gasteiger partial charge >= 0.3 is 5.97 Å². The molecule has 1 heterocycles. The number of anilines is 1. The van der Waals surface area contributed by atoms with E-state index in [1.807, 2.05) is 6.92 Å². The molecular weight excluding hydrogens is 384 g/mol. The summed E-state index contributed by atoms with van der Waals surface area (Å²) in [6.45, 7) is 6.20. The van der Waals surface area contributed by atoms with Crippen LogP contribution in [0.4, 0.5) is 5.69 Å². The van der Waals surface area contributed by atoms with Gasteiger partial charge in [0.15, 0.2) is 6.10 Å². The second-order valence-corrected chi connectivity index (χ2v) is 8.20. The lowest BCUT2D eigenvalue weighted by Gasteiger charge is -2.14. The number of amides is 1. The van der Waals surface area contributed by atoms with Gasteiger partial charge in [0.2, 0.25) is 10.0 Å². The number of nitrogens with zero attached hydrogens (tertiary/aromatic N) is 2. The molecule has 1 amide bonds. The Morgan fingerprint density at radius 3 is 2.32 bits per heavy atom. The Kier molecular flexibility index (Phi) is 6.57. The molecule has 2 rings (SSSR count). The highest BCUT2D eigenvalue weighted by Gasteiger charge is 2.22. The normalized spacial score (nSPS) is 12.5. The summed E-state index contributed by atoms with van der Waals surface area (Å²) < 4.78 is 33.2. The van der Waals surface area contributed by atoms with E-state index in [1.54, 1.807) is 37.7 Å². The Morgan fingerprint density at radius 1 is 1.18 bits per heavy atom. The van der Waals surface area contributed by atoms with Crippen LogP contribution in [0.3, 0.4) is 0 Å². The van der Waals surface area contributed by atoms with Gasteiger partial charge in [0.05, 0.1) is 22.0 Å². The van der Waals surface area contributed by atoms with E-state index in [0.717, 1.165) is 11.3 Å². The van der Waals surface area contributed by atoms with Gasteiger partial charge in [0, 0.05) is 7.05 Å². The van der Waals surface area contributed by atoms with Crippen molar-refractivity contribution in [2.45, 2.75) is 38.7 Å². The minimum absolute atomic E-state index is 0.0409. The summed E-state index contributed by atoms with van der Waals surface area (Å²) in [5.74, 6) is -1.40. The van der Waals surface area contributed by atoms with Crippen molar-refractivity contribution in [3.63, 3.8) is 0 Å². The van der Waals surface area contributed by atoms with Gasteiger partial charge in [0.25, 0.3) is 5.91 Å². The molecule has 152 valence electrons. The van der Waals surface area contributed by atoms with Crippen LogP contribution < -0.4 is 10.0 Å². The van der Waals surface area contributed by atoms with Crippen LogP contribution in [-0.4, -0.2) is 42.7 Å². The lowest BCUT2D eigenvalue weighted by Crippen LogP contribution is -2.36. The zero-order valence-corrected chi connectivity index (χ0v) is 17.3. The molecule has 10 heteroatoms. The topological polar surface area (TPSA) is 119 Å². The zero-order chi connectivity index (χ0) is 21.1. The summed E-state index contributed by atoms with van der Waals surface area (Å²) in [5, 5.41) is 6.86. The number of carbonyl (C=O) groups is 2. The van der Waals surface area contributed by atoms with Gasteiger partial charge in [0.1, 0.15) is 6.54 Å². The van der Waals surface area contributed by atoms with E-state index >= 15 is 0 Å². The summed E-state index contributed by atoms with van der Waals surface area (Å²) in [6.07, 6.45) is -1.10. The largest absolute Gasteiger partial charge is 0.452 e. The van der Waals surface area contributed by atoms with Crippen LogP contribution in [0.5, 0.6) is 0 Å².